The second kappa shape index (κ2) is 5.62. The Morgan fingerprint density at radius 1 is 1.04 bits per heavy atom. The summed E-state index contributed by atoms with van der Waals surface area (Å²) >= 11 is 0. The standard InChI is InChI=1S/C20H20N4O2/c1-11-4-6-14-13(8-11)22-20(23(14)3)18-17(26)10-24(19(18)21)15-9-12(2)5-7-16(15)25/h4-9,21,25-26H,10H2,1-3H3. The van der Waals surface area contributed by atoms with Gasteiger partial charge in [-0.15, -0.1) is 0 Å². The molecular weight excluding hydrogens is 328 g/mol. The lowest BCUT2D eigenvalue weighted by molar-refractivity contribution is 0.410. The maximum absolute atomic E-state index is 10.6. The third-order valence-electron chi connectivity index (χ3n) is 4.78. The summed E-state index contributed by atoms with van der Waals surface area (Å²) in [6.07, 6.45) is 0. The van der Waals surface area contributed by atoms with Crippen LogP contribution in [0.3, 0.4) is 0 Å². The highest BCUT2D eigenvalue weighted by Gasteiger charge is 2.33. The van der Waals surface area contributed by atoms with E-state index in [0.29, 0.717) is 17.1 Å². The highest BCUT2D eigenvalue weighted by molar-refractivity contribution is 6.30. The van der Waals surface area contributed by atoms with Crippen LogP contribution in [-0.4, -0.2) is 32.1 Å². The number of aromatic hydroxyl groups is 1. The van der Waals surface area contributed by atoms with Crippen LogP contribution >= 0.6 is 0 Å². The Kier molecular flexibility index (Phi) is 3.50. The number of aromatic nitrogens is 2. The molecule has 0 spiro atoms. The maximum atomic E-state index is 10.6. The third-order valence-corrected chi connectivity index (χ3v) is 4.78. The lowest BCUT2D eigenvalue weighted by Gasteiger charge is -2.20. The fourth-order valence-corrected chi connectivity index (χ4v) is 3.40. The molecule has 6 heteroatoms. The van der Waals surface area contributed by atoms with Crippen molar-refractivity contribution in [2.75, 3.05) is 11.4 Å². The Bertz CT molecular complexity index is 1090. The van der Waals surface area contributed by atoms with Gasteiger partial charge in [0.25, 0.3) is 0 Å². The van der Waals surface area contributed by atoms with E-state index in [-0.39, 0.29) is 23.9 Å². The molecule has 0 fully saturated rings. The monoisotopic (exact) mass is 348 g/mol. The number of aliphatic hydroxyl groups excluding tert-OH is 1. The van der Waals surface area contributed by atoms with Crippen molar-refractivity contribution in [2.45, 2.75) is 13.8 Å². The van der Waals surface area contributed by atoms with Crippen LogP contribution in [0.1, 0.15) is 17.0 Å². The van der Waals surface area contributed by atoms with Gasteiger partial charge in [-0.1, -0.05) is 12.1 Å². The number of nitrogens with zero attached hydrogens (tertiary/aromatic N) is 3. The van der Waals surface area contributed by atoms with Crippen LogP contribution in [0.15, 0.2) is 42.2 Å². The minimum atomic E-state index is 0.0750. The molecule has 0 amide bonds. The van der Waals surface area contributed by atoms with Crippen molar-refractivity contribution in [1.29, 1.82) is 5.41 Å². The molecule has 1 aromatic heterocycles. The van der Waals surface area contributed by atoms with Crippen LogP contribution in [0.2, 0.25) is 0 Å². The average molecular weight is 348 g/mol. The van der Waals surface area contributed by atoms with E-state index in [1.54, 1.807) is 23.1 Å². The number of benzene rings is 2. The van der Waals surface area contributed by atoms with Gasteiger partial charge in [-0.25, -0.2) is 4.98 Å². The first-order chi connectivity index (χ1) is 12.4. The maximum Gasteiger partial charge on any atom is 0.148 e. The molecule has 0 saturated carbocycles. The summed E-state index contributed by atoms with van der Waals surface area (Å²) in [5.74, 6) is 0.822. The molecule has 2 aromatic carbocycles. The van der Waals surface area contributed by atoms with Crippen LogP contribution < -0.4 is 4.90 Å². The van der Waals surface area contributed by atoms with Crippen molar-refractivity contribution in [1.82, 2.24) is 9.55 Å². The number of hydrogen-bond donors (Lipinski definition) is 3. The van der Waals surface area contributed by atoms with Gasteiger partial charge < -0.3 is 19.7 Å². The molecule has 6 nitrogen and oxygen atoms in total. The minimum Gasteiger partial charge on any atom is -0.509 e. The van der Waals surface area contributed by atoms with Gasteiger partial charge in [0.15, 0.2) is 0 Å². The van der Waals surface area contributed by atoms with E-state index in [1.165, 1.54) is 0 Å². The smallest absolute Gasteiger partial charge is 0.148 e. The molecule has 2 heterocycles. The molecule has 0 bridgehead atoms. The summed E-state index contributed by atoms with van der Waals surface area (Å²) in [7, 11) is 1.88. The largest absolute Gasteiger partial charge is 0.509 e. The molecule has 1 aliphatic heterocycles. The predicted molar refractivity (Wildman–Crippen MR) is 103 cm³/mol. The number of phenolic OH excluding ortho intramolecular Hbond substituents is 1. The van der Waals surface area contributed by atoms with E-state index in [0.717, 1.165) is 22.2 Å². The molecule has 0 unspecified atom stereocenters. The van der Waals surface area contributed by atoms with E-state index in [9.17, 15) is 10.2 Å². The van der Waals surface area contributed by atoms with E-state index in [4.69, 9.17) is 5.41 Å². The second-order valence-electron chi connectivity index (χ2n) is 6.74. The minimum absolute atomic E-state index is 0.0750. The first kappa shape index (κ1) is 16.2. The highest BCUT2D eigenvalue weighted by atomic mass is 16.3. The van der Waals surface area contributed by atoms with Crippen molar-refractivity contribution in [3.63, 3.8) is 0 Å². The Morgan fingerprint density at radius 2 is 1.73 bits per heavy atom. The Labute approximate surface area is 151 Å². The van der Waals surface area contributed by atoms with Gasteiger partial charge in [0.2, 0.25) is 0 Å². The quantitative estimate of drug-likeness (QED) is 0.660. The zero-order valence-corrected chi connectivity index (χ0v) is 14.9. The van der Waals surface area contributed by atoms with Gasteiger partial charge in [-0.05, 0) is 49.2 Å². The molecule has 0 atom stereocenters. The summed E-state index contributed by atoms with van der Waals surface area (Å²) in [4.78, 5) is 6.23. The average Bonchev–Trinajstić information content (AvgIpc) is 3.06. The number of amidine groups is 1. The number of hydrogen-bond acceptors (Lipinski definition) is 4. The molecule has 0 aliphatic carbocycles. The number of phenols is 1. The number of rotatable bonds is 2. The number of anilines is 1. The first-order valence-electron chi connectivity index (χ1n) is 8.38. The Balaban J connectivity index is 1.81. The molecule has 132 valence electrons. The SMILES string of the molecule is Cc1ccc(O)c(N2CC(O)=C(c3nc4cc(C)ccc4n3C)C2=N)c1. The fourth-order valence-electron chi connectivity index (χ4n) is 3.40. The predicted octanol–water partition coefficient (Wildman–Crippen LogP) is 3.66. The molecule has 3 aromatic rings. The number of nitrogens with one attached hydrogen (secondary N) is 1. The van der Waals surface area contributed by atoms with Crippen molar-refractivity contribution >= 4 is 28.1 Å². The van der Waals surface area contributed by atoms with Crippen molar-refractivity contribution in [3.8, 4) is 5.75 Å². The lowest BCUT2D eigenvalue weighted by atomic mass is 10.2. The van der Waals surface area contributed by atoms with E-state index >= 15 is 0 Å². The highest BCUT2D eigenvalue weighted by Crippen LogP contribution is 2.36. The van der Waals surface area contributed by atoms with Gasteiger partial charge in [0, 0.05) is 7.05 Å². The van der Waals surface area contributed by atoms with Crippen LogP contribution in [0.5, 0.6) is 5.75 Å². The van der Waals surface area contributed by atoms with Crippen LogP contribution in [0.4, 0.5) is 5.69 Å². The number of aliphatic hydroxyl groups is 1. The Hall–Kier alpha value is -3.28. The van der Waals surface area contributed by atoms with Gasteiger partial charge >= 0.3 is 0 Å². The zero-order valence-electron chi connectivity index (χ0n) is 14.9. The van der Waals surface area contributed by atoms with Crippen LogP contribution in [0, 0.1) is 19.3 Å². The summed E-state index contributed by atoms with van der Waals surface area (Å²) in [5, 5.41) is 29.4. The van der Waals surface area contributed by atoms with Crippen LogP contribution in [0.25, 0.3) is 16.6 Å². The molecule has 3 N–H and O–H groups in total. The number of aryl methyl sites for hydroxylation is 3. The van der Waals surface area contributed by atoms with Gasteiger partial charge in [0.05, 0.1) is 28.8 Å². The molecule has 0 saturated heterocycles. The number of imidazole rings is 1. The van der Waals surface area contributed by atoms with Crippen LogP contribution in [-0.2, 0) is 7.05 Å². The van der Waals surface area contributed by atoms with E-state index < -0.39 is 0 Å². The zero-order chi connectivity index (χ0) is 18.6. The van der Waals surface area contributed by atoms with Gasteiger partial charge in [-0.3, -0.25) is 5.41 Å². The summed E-state index contributed by atoms with van der Waals surface area (Å²) < 4.78 is 1.88. The summed E-state index contributed by atoms with van der Waals surface area (Å²) in [6.45, 7) is 4.06. The van der Waals surface area contributed by atoms with Crippen molar-refractivity contribution < 1.29 is 10.2 Å². The Morgan fingerprint density at radius 3 is 2.50 bits per heavy atom. The second-order valence-corrected chi connectivity index (χ2v) is 6.74. The molecule has 1 aliphatic rings. The van der Waals surface area contributed by atoms with E-state index in [1.807, 2.05) is 43.7 Å². The summed E-state index contributed by atoms with van der Waals surface area (Å²) in [5.41, 5.74) is 4.74. The number of fused-ring (bicyclic) bond motifs is 1. The summed E-state index contributed by atoms with van der Waals surface area (Å²) in [6, 6.07) is 11.2. The van der Waals surface area contributed by atoms with Gasteiger partial charge in [-0.2, -0.15) is 0 Å². The first-order valence-corrected chi connectivity index (χ1v) is 8.38. The normalized spacial score (nSPS) is 14.7. The van der Waals surface area contributed by atoms with Crippen molar-refractivity contribution in [3.05, 3.63) is 59.1 Å². The van der Waals surface area contributed by atoms with Gasteiger partial charge in [0.1, 0.15) is 23.2 Å². The van der Waals surface area contributed by atoms with Crippen molar-refractivity contribution in [2.24, 2.45) is 7.05 Å². The lowest BCUT2D eigenvalue weighted by Crippen LogP contribution is -2.26. The molecular formula is C20H20N4O2. The third kappa shape index (κ3) is 2.34. The fraction of sp³-hybridized carbons (Fsp3) is 0.200. The molecule has 26 heavy (non-hydrogen) atoms. The topological polar surface area (TPSA) is 85.4 Å². The molecule has 4 rings (SSSR count). The van der Waals surface area contributed by atoms with E-state index in [2.05, 4.69) is 4.98 Å². The molecule has 0 radical (unpaired) electrons.